The first-order chi connectivity index (χ1) is 14.6. The minimum Gasteiger partial charge on any atom is -0.352 e. The largest absolute Gasteiger partial charge is 0.352 e. The van der Waals surface area contributed by atoms with Crippen molar-refractivity contribution >= 4 is 5.78 Å². The predicted octanol–water partition coefficient (Wildman–Crippen LogP) is 2.53. The number of hydrogen-bond donors (Lipinski definition) is 1. The first kappa shape index (κ1) is 24.0. The second kappa shape index (κ2) is 11.9. The molecule has 0 unspecified atom stereocenters. The summed E-state index contributed by atoms with van der Waals surface area (Å²) in [5.41, 5.74) is 0. The summed E-state index contributed by atoms with van der Waals surface area (Å²) >= 11 is 0. The number of rotatable bonds is 7. The number of hydrogen-bond acceptors (Lipinski definition) is 8. The molecule has 0 atom stereocenters. The lowest BCUT2D eigenvalue weighted by Gasteiger charge is -2.36. The summed E-state index contributed by atoms with van der Waals surface area (Å²) in [5.74, 6) is -0.291. The maximum absolute atomic E-state index is 10.9. The minimum atomic E-state index is -0.367. The van der Waals surface area contributed by atoms with Crippen molar-refractivity contribution in [2.45, 2.75) is 89.1 Å². The van der Waals surface area contributed by atoms with Gasteiger partial charge in [-0.2, -0.15) is 0 Å². The zero-order chi connectivity index (χ0) is 21.3. The zero-order valence-corrected chi connectivity index (χ0v) is 18.6. The molecule has 8 nitrogen and oxygen atoms in total. The molecule has 0 aromatic carbocycles. The van der Waals surface area contributed by atoms with Crippen LogP contribution in [0.2, 0.25) is 0 Å². The number of carbonyl (C=O) groups is 1. The van der Waals surface area contributed by atoms with Gasteiger partial charge in [-0.15, -0.1) is 0 Å². The van der Waals surface area contributed by atoms with Crippen molar-refractivity contribution in [2.24, 2.45) is 0 Å². The van der Waals surface area contributed by atoms with E-state index in [1.165, 1.54) is 0 Å². The van der Waals surface area contributed by atoms with E-state index in [4.69, 9.17) is 28.4 Å². The summed E-state index contributed by atoms with van der Waals surface area (Å²) in [6, 6.07) is 0.516. The summed E-state index contributed by atoms with van der Waals surface area (Å²) in [5, 5.41) is 3.54. The monoisotopic (exact) mass is 429 g/mol. The van der Waals surface area contributed by atoms with Gasteiger partial charge in [-0.05, 0) is 26.7 Å². The van der Waals surface area contributed by atoms with Crippen molar-refractivity contribution in [1.29, 1.82) is 0 Å². The van der Waals surface area contributed by atoms with Gasteiger partial charge in [0.1, 0.15) is 5.78 Å². The summed E-state index contributed by atoms with van der Waals surface area (Å²) in [6.07, 6.45) is 6.77. The molecule has 1 N–H and O–H groups in total. The standard InChI is InChI=1S/C14H27NO4.C8H12O3/c1-3-16-13(17-4-2)11-15-12-5-7-14(8-6-12)18-9-10-19-14;9-7-1-3-8(4-2-7)10-5-6-11-8/h12-13,15H,3-11H2,1-2H3;1-6H2. The van der Waals surface area contributed by atoms with E-state index in [9.17, 15) is 4.79 Å². The van der Waals surface area contributed by atoms with Gasteiger partial charge in [0.15, 0.2) is 17.9 Å². The van der Waals surface area contributed by atoms with Gasteiger partial charge >= 0.3 is 0 Å². The second-order valence-corrected chi connectivity index (χ2v) is 8.28. The van der Waals surface area contributed by atoms with Crippen LogP contribution in [0, 0.1) is 0 Å². The zero-order valence-electron chi connectivity index (χ0n) is 18.6. The van der Waals surface area contributed by atoms with E-state index in [1.807, 2.05) is 13.8 Å². The van der Waals surface area contributed by atoms with Crippen molar-refractivity contribution in [3.8, 4) is 0 Å². The highest BCUT2D eigenvalue weighted by molar-refractivity contribution is 5.79. The molecule has 0 aromatic heterocycles. The van der Waals surface area contributed by atoms with Crippen LogP contribution >= 0.6 is 0 Å². The van der Waals surface area contributed by atoms with Gasteiger partial charge in [0, 0.05) is 64.3 Å². The van der Waals surface area contributed by atoms with E-state index >= 15 is 0 Å². The fourth-order valence-electron chi connectivity index (χ4n) is 4.54. The van der Waals surface area contributed by atoms with E-state index in [2.05, 4.69) is 5.32 Å². The summed E-state index contributed by atoms with van der Waals surface area (Å²) in [4.78, 5) is 10.9. The van der Waals surface area contributed by atoms with E-state index in [1.54, 1.807) is 0 Å². The van der Waals surface area contributed by atoms with Gasteiger partial charge in [-0.1, -0.05) is 0 Å². The van der Waals surface area contributed by atoms with Crippen molar-refractivity contribution in [3.05, 3.63) is 0 Å². The van der Waals surface area contributed by atoms with Crippen LogP contribution in [0.15, 0.2) is 0 Å². The molecule has 2 aliphatic carbocycles. The molecule has 4 rings (SSSR count). The number of Topliss-reactive ketones (excluding diaryl/α,β-unsaturated/α-hetero) is 1. The number of carbonyl (C=O) groups excluding carboxylic acids is 1. The van der Waals surface area contributed by atoms with Crippen LogP contribution in [0.5, 0.6) is 0 Å². The van der Waals surface area contributed by atoms with Crippen molar-refractivity contribution < 1.29 is 33.2 Å². The molecule has 4 aliphatic rings. The molecule has 8 heteroatoms. The van der Waals surface area contributed by atoms with Crippen molar-refractivity contribution in [2.75, 3.05) is 46.2 Å². The van der Waals surface area contributed by atoms with Gasteiger partial charge < -0.3 is 33.7 Å². The van der Waals surface area contributed by atoms with Crippen LogP contribution in [0.3, 0.4) is 0 Å². The SMILES string of the molecule is CCOC(CNC1CCC2(CC1)OCCO2)OCC.O=C1CCC2(CC1)OCCO2. The van der Waals surface area contributed by atoms with Crippen LogP contribution in [0.25, 0.3) is 0 Å². The molecule has 4 fully saturated rings. The highest BCUT2D eigenvalue weighted by atomic mass is 16.7. The highest BCUT2D eigenvalue weighted by Crippen LogP contribution is 2.36. The minimum absolute atomic E-state index is 0.134. The lowest BCUT2D eigenvalue weighted by Crippen LogP contribution is -2.44. The first-order valence-corrected chi connectivity index (χ1v) is 11.6. The Bertz CT molecular complexity index is 490. The molecule has 0 radical (unpaired) electrons. The van der Waals surface area contributed by atoms with Crippen LogP contribution < -0.4 is 5.32 Å². The maximum Gasteiger partial charge on any atom is 0.169 e. The van der Waals surface area contributed by atoms with E-state index in [0.717, 1.165) is 58.3 Å². The Labute approximate surface area is 180 Å². The normalized spacial score (nSPS) is 25.8. The van der Waals surface area contributed by atoms with Crippen molar-refractivity contribution in [3.63, 3.8) is 0 Å². The summed E-state index contributed by atoms with van der Waals surface area (Å²) in [7, 11) is 0. The molecule has 174 valence electrons. The lowest BCUT2D eigenvalue weighted by atomic mass is 9.90. The molecule has 2 heterocycles. The molecule has 2 spiro atoms. The van der Waals surface area contributed by atoms with Gasteiger partial charge in [0.25, 0.3) is 0 Å². The van der Waals surface area contributed by atoms with Gasteiger partial charge in [0.05, 0.1) is 26.4 Å². The number of ketones is 1. The molecule has 2 aliphatic heterocycles. The Morgan fingerprint density at radius 2 is 1.33 bits per heavy atom. The molecule has 0 bridgehead atoms. The smallest absolute Gasteiger partial charge is 0.169 e. The number of ether oxygens (including phenoxy) is 6. The number of nitrogens with one attached hydrogen (secondary N) is 1. The first-order valence-electron chi connectivity index (χ1n) is 11.6. The van der Waals surface area contributed by atoms with Gasteiger partial charge in [0.2, 0.25) is 0 Å². The lowest BCUT2D eigenvalue weighted by molar-refractivity contribution is -0.180. The van der Waals surface area contributed by atoms with Crippen LogP contribution in [-0.2, 0) is 33.2 Å². The third kappa shape index (κ3) is 6.95. The van der Waals surface area contributed by atoms with E-state index in [-0.39, 0.29) is 17.9 Å². The summed E-state index contributed by atoms with van der Waals surface area (Å²) < 4.78 is 33.4. The highest BCUT2D eigenvalue weighted by Gasteiger charge is 2.40. The van der Waals surface area contributed by atoms with E-state index in [0.29, 0.717) is 51.1 Å². The molecule has 2 saturated carbocycles. The molecule has 2 saturated heterocycles. The Kier molecular flexibility index (Phi) is 9.50. The fourth-order valence-corrected chi connectivity index (χ4v) is 4.54. The third-order valence-electron chi connectivity index (χ3n) is 6.22. The summed E-state index contributed by atoms with van der Waals surface area (Å²) in [6.45, 7) is 8.97. The quantitative estimate of drug-likeness (QED) is 0.618. The second-order valence-electron chi connectivity index (χ2n) is 8.28. The average Bonchev–Trinajstić information content (AvgIpc) is 3.41. The molecule has 0 amide bonds. The van der Waals surface area contributed by atoms with Gasteiger partial charge in [-0.25, -0.2) is 0 Å². The Morgan fingerprint density at radius 3 is 1.80 bits per heavy atom. The average molecular weight is 430 g/mol. The Hall–Kier alpha value is -0.610. The molecule has 0 aromatic rings. The van der Waals surface area contributed by atoms with Crippen LogP contribution in [0.1, 0.15) is 65.2 Å². The molecular formula is C22H39NO7. The van der Waals surface area contributed by atoms with Gasteiger partial charge in [-0.3, -0.25) is 4.79 Å². The topological polar surface area (TPSA) is 84.5 Å². The fraction of sp³-hybridized carbons (Fsp3) is 0.955. The Balaban J connectivity index is 0.000000196. The Morgan fingerprint density at radius 1 is 0.867 bits per heavy atom. The van der Waals surface area contributed by atoms with Crippen LogP contribution in [-0.4, -0.2) is 75.9 Å². The predicted molar refractivity (Wildman–Crippen MR) is 110 cm³/mol. The molecule has 30 heavy (non-hydrogen) atoms. The third-order valence-corrected chi connectivity index (χ3v) is 6.22. The van der Waals surface area contributed by atoms with E-state index < -0.39 is 0 Å². The van der Waals surface area contributed by atoms with Crippen molar-refractivity contribution in [1.82, 2.24) is 5.32 Å². The maximum atomic E-state index is 10.9. The van der Waals surface area contributed by atoms with Crippen LogP contribution in [0.4, 0.5) is 0 Å². The molecular weight excluding hydrogens is 390 g/mol.